The van der Waals surface area contributed by atoms with Gasteiger partial charge in [0.2, 0.25) is 0 Å². The Morgan fingerprint density at radius 1 is 0.239 bits per heavy atom. The third kappa shape index (κ3) is 56.9. The molecule has 0 saturated heterocycles. The standard InChI is InChI=1S/C70H128N2O16/c1-9-13-17-21-25-29-41-59(42-30-26-22-18-14-10-2)85-67(77)49-37-35-47-65(75)83-57-61(87-69(79)51-39-53-71(5)6)55-81-63(73)45-33-34-46-64(74)82-56-62(88-70(80)52-40-54-72(7)8)58-84-66(76)48-36-38-50-68(78)86-60(43-31-27-23-19-15-11-3)44-32-28-24-20-16-12-4/h59-62H,9-58H2,1-8H3. The lowest BCUT2D eigenvalue weighted by Crippen LogP contribution is -2.31. The quantitative estimate of drug-likeness (QED) is 0.0314. The highest BCUT2D eigenvalue weighted by molar-refractivity contribution is 5.73. The van der Waals surface area contributed by atoms with Gasteiger partial charge < -0.3 is 47.7 Å². The van der Waals surface area contributed by atoms with E-state index in [-0.39, 0.29) is 115 Å². The predicted molar refractivity (Wildman–Crippen MR) is 346 cm³/mol. The highest BCUT2D eigenvalue weighted by Crippen LogP contribution is 2.21. The van der Waals surface area contributed by atoms with Crippen LogP contribution in [0.15, 0.2) is 0 Å². The molecule has 0 bridgehead atoms. The lowest BCUT2D eigenvalue weighted by Gasteiger charge is -2.19. The Labute approximate surface area is 534 Å². The maximum atomic E-state index is 12.9. The van der Waals surface area contributed by atoms with Crippen molar-refractivity contribution >= 4 is 47.8 Å². The first kappa shape index (κ1) is 83.7. The van der Waals surface area contributed by atoms with E-state index in [0.29, 0.717) is 51.6 Å². The molecule has 0 aromatic carbocycles. The zero-order valence-electron chi connectivity index (χ0n) is 57.1. The molecule has 0 amide bonds. The van der Waals surface area contributed by atoms with Gasteiger partial charge in [-0.1, -0.05) is 156 Å². The molecule has 0 N–H and O–H groups in total. The van der Waals surface area contributed by atoms with E-state index in [1.165, 1.54) is 103 Å². The highest BCUT2D eigenvalue weighted by Gasteiger charge is 2.23. The van der Waals surface area contributed by atoms with Crippen LogP contribution in [0.3, 0.4) is 0 Å². The fraction of sp³-hybridized carbons (Fsp3) is 0.886. The summed E-state index contributed by atoms with van der Waals surface area (Å²) in [5.74, 6) is -3.79. The van der Waals surface area contributed by atoms with Crippen molar-refractivity contribution in [3.05, 3.63) is 0 Å². The first-order chi connectivity index (χ1) is 42.5. The van der Waals surface area contributed by atoms with E-state index < -0.39 is 48.0 Å². The summed E-state index contributed by atoms with van der Waals surface area (Å²) >= 11 is 0. The maximum Gasteiger partial charge on any atom is 0.306 e. The number of esters is 8. The van der Waals surface area contributed by atoms with E-state index in [4.69, 9.17) is 37.9 Å². The zero-order chi connectivity index (χ0) is 65.1. The molecule has 0 rings (SSSR count). The zero-order valence-corrected chi connectivity index (χ0v) is 57.1. The minimum absolute atomic E-state index is 0.0508. The van der Waals surface area contributed by atoms with E-state index in [2.05, 4.69) is 27.7 Å². The first-order valence-electron chi connectivity index (χ1n) is 35.2. The summed E-state index contributed by atoms with van der Waals surface area (Å²) in [6.07, 6.45) is 33.6. The molecule has 18 nitrogen and oxygen atoms in total. The van der Waals surface area contributed by atoms with Gasteiger partial charge in [-0.2, -0.15) is 0 Å². The van der Waals surface area contributed by atoms with Gasteiger partial charge in [0.25, 0.3) is 0 Å². The summed E-state index contributed by atoms with van der Waals surface area (Å²) in [4.78, 5) is 107. The molecule has 0 saturated carbocycles. The van der Waals surface area contributed by atoms with Gasteiger partial charge in [0, 0.05) is 51.4 Å². The van der Waals surface area contributed by atoms with Crippen molar-refractivity contribution in [1.82, 2.24) is 9.80 Å². The molecular weight excluding hydrogens is 1120 g/mol. The van der Waals surface area contributed by atoms with E-state index in [1.54, 1.807) is 0 Å². The van der Waals surface area contributed by atoms with Crippen LogP contribution in [0, 0.1) is 0 Å². The average Bonchev–Trinajstić information content (AvgIpc) is 3.68. The average molecular weight is 1250 g/mol. The maximum absolute atomic E-state index is 12.9. The lowest BCUT2D eigenvalue weighted by atomic mass is 10.0. The fourth-order valence-corrected chi connectivity index (χ4v) is 10.1. The molecule has 0 aliphatic heterocycles. The van der Waals surface area contributed by atoms with Crippen LogP contribution in [-0.2, 0) is 76.3 Å². The summed E-state index contributed by atoms with van der Waals surface area (Å²) in [6, 6.07) is 0. The van der Waals surface area contributed by atoms with Gasteiger partial charge in [0.05, 0.1) is 0 Å². The number of unbranched alkanes of at least 4 members (excludes halogenated alkanes) is 23. The Kier molecular flexibility index (Phi) is 57.3. The van der Waals surface area contributed by atoms with Crippen molar-refractivity contribution < 1.29 is 76.3 Å². The summed E-state index contributed by atoms with van der Waals surface area (Å²) in [5, 5.41) is 0. The second-order valence-corrected chi connectivity index (χ2v) is 24.8. The number of ether oxygens (including phenoxy) is 8. The summed E-state index contributed by atoms with van der Waals surface area (Å²) in [6.45, 7) is 8.83. The largest absolute Gasteiger partial charge is 0.462 e. The highest BCUT2D eigenvalue weighted by atomic mass is 16.6. The van der Waals surface area contributed by atoms with Crippen LogP contribution < -0.4 is 0 Å². The van der Waals surface area contributed by atoms with Gasteiger partial charge >= 0.3 is 47.8 Å². The van der Waals surface area contributed by atoms with E-state index in [0.717, 1.165) is 77.0 Å². The first-order valence-corrected chi connectivity index (χ1v) is 35.2. The Balaban J connectivity index is 5.14. The van der Waals surface area contributed by atoms with Crippen LogP contribution in [-0.4, -0.2) is 150 Å². The lowest BCUT2D eigenvalue weighted by molar-refractivity contribution is -0.167. The molecule has 514 valence electrons. The number of nitrogens with zero attached hydrogens (tertiary/aromatic N) is 2. The van der Waals surface area contributed by atoms with Crippen molar-refractivity contribution in [2.75, 3.05) is 67.7 Å². The van der Waals surface area contributed by atoms with E-state index in [9.17, 15) is 38.4 Å². The second kappa shape index (κ2) is 60.3. The van der Waals surface area contributed by atoms with Crippen LogP contribution >= 0.6 is 0 Å². The summed E-state index contributed by atoms with van der Waals surface area (Å²) < 4.78 is 44.9. The molecule has 0 aliphatic carbocycles. The summed E-state index contributed by atoms with van der Waals surface area (Å²) in [7, 11) is 7.58. The molecule has 2 unspecified atom stereocenters. The monoisotopic (exact) mass is 1250 g/mol. The normalized spacial score (nSPS) is 12.1. The number of hydrogen-bond acceptors (Lipinski definition) is 18. The Morgan fingerprint density at radius 2 is 0.432 bits per heavy atom. The van der Waals surface area contributed by atoms with Gasteiger partial charge in [-0.3, -0.25) is 38.4 Å². The van der Waals surface area contributed by atoms with Crippen LogP contribution in [0.4, 0.5) is 0 Å². The van der Waals surface area contributed by atoms with Gasteiger partial charge in [-0.15, -0.1) is 0 Å². The van der Waals surface area contributed by atoms with Crippen molar-refractivity contribution in [1.29, 1.82) is 0 Å². The minimum Gasteiger partial charge on any atom is -0.462 e. The van der Waals surface area contributed by atoms with Gasteiger partial charge in [0.1, 0.15) is 38.6 Å². The smallest absolute Gasteiger partial charge is 0.306 e. The minimum atomic E-state index is -1.04. The third-order valence-corrected chi connectivity index (χ3v) is 15.4. The number of rotatable bonds is 63. The van der Waals surface area contributed by atoms with Gasteiger partial charge in [-0.25, -0.2) is 0 Å². The van der Waals surface area contributed by atoms with E-state index >= 15 is 0 Å². The van der Waals surface area contributed by atoms with Gasteiger partial charge in [-0.05, 0) is 144 Å². The third-order valence-electron chi connectivity index (χ3n) is 15.4. The molecule has 2 atom stereocenters. The van der Waals surface area contributed by atoms with Crippen molar-refractivity contribution in [3.63, 3.8) is 0 Å². The van der Waals surface area contributed by atoms with Crippen molar-refractivity contribution in [2.24, 2.45) is 0 Å². The number of hydrogen-bond donors (Lipinski definition) is 0. The molecule has 0 fully saturated rings. The Morgan fingerprint density at radius 3 is 0.659 bits per heavy atom. The molecule has 0 aromatic heterocycles. The predicted octanol–water partition coefficient (Wildman–Crippen LogP) is 15.2. The van der Waals surface area contributed by atoms with Crippen LogP contribution in [0.1, 0.15) is 310 Å². The molecule has 0 aliphatic rings. The SMILES string of the molecule is CCCCCCCCC(CCCCCCCC)OC(=O)CCCCC(=O)OCC(COC(=O)CCCCC(=O)OCC(COC(=O)CCCCC(=O)OC(CCCCCCCC)CCCCCCCC)OC(=O)CCCN(C)C)OC(=O)CCCN(C)C. The fourth-order valence-electron chi connectivity index (χ4n) is 10.1. The Bertz CT molecular complexity index is 1610. The molecular formula is C70H128N2O16. The van der Waals surface area contributed by atoms with Crippen LogP contribution in [0.25, 0.3) is 0 Å². The molecule has 18 heteroatoms. The van der Waals surface area contributed by atoms with E-state index in [1.807, 2.05) is 38.0 Å². The molecule has 0 heterocycles. The van der Waals surface area contributed by atoms with Crippen LogP contribution in [0.5, 0.6) is 0 Å². The number of carbonyl (C=O) groups excluding carboxylic acids is 8. The Hall–Kier alpha value is -4.32. The molecule has 88 heavy (non-hydrogen) atoms. The molecule has 0 radical (unpaired) electrons. The second-order valence-electron chi connectivity index (χ2n) is 24.8. The van der Waals surface area contributed by atoms with Crippen molar-refractivity contribution in [3.8, 4) is 0 Å². The topological polar surface area (TPSA) is 217 Å². The summed E-state index contributed by atoms with van der Waals surface area (Å²) in [5.41, 5.74) is 0. The van der Waals surface area contributed by atoms with Gasteiger partial charge in [0.15, 0.2) is 12.2 Å². The number of carbonyl (C=O) groups is 8. The van der Waals surface area contributed by atoms with Crippen LogP contribution in [0.2, 0.25) is 0 Å². The molecule has 0 spiro atoms. The molecule has 0 aromatic rings. The van der Waals surface area contributed by atoms with Crippen molar-refractivity contribution in [2.45, 2.75) is 335 Å².